The van der Waals surface area contributed by atoms with Crippen molar-refractivity contribution in [2.45, 2.75) is 25.4 Å². The van der Waals surface area contributed by atoms with Gasteiger partial charge in [0.25, 0.3) is 0 Å². The quantitative estimate of drug-likeness (QED) is 0.810. The maximum absolute atomic E-state index is 11.1. The molecule has 0 aliphatic heterocycles. The lowest BCUT2D eigenvalue weighted by atomic mass is 10.3. The third kappa shape index (κ3) is 1.87. The Hall–Kier alpha value is -1.95. The minimum absolute atomic E-state index is 0.195. The number of fused-ring (bicyclic) bond motifs is 1. The Bertz CT molecular complexity index is 574. The Balaban J connectivity index is 2.01. The maximum Gasteiger partial charge on any atom is 0.352 e. The molecule has 0 bridgehead atoms. The molecule has 0 aromatic carbocycles. The van der Waals surface area contributed by atoms with Crippen LogP contribution in [0.1, 0.15) is 29.2 Å². The number of nitrogens with one attached hydrogen (secondary N) is 1. The highest BCUT2D eigenvalue weighted by Crippen LogP contribution is 2.19. The number of aromatic nitrogens is 3. The smallest absolute Gasteiger partial charge is 0.352 e. The van der Waals surface area contributed by atoms with Crippen molar-refractivity contribution in [2.24, 2.45) is 0 Å². The number of carboxylic acids is 1. The lowest BCUT2D eigenvalue weighted by Crippen LogP contribution is -2.18. The fourth-order valence-corrected chi connectivity index (χ4v) is 1.81. The molecule has 0 amide bonds. The summed E-state index contributed by atoms with van der Waals surface area (Å²) >= 11 is 0. The van der Waals surface area contributed by atoms with Crippen LogP contribution in [0.15, 0.2) is 18.2 Å². The van der Waals surface area contributed by atoms with Gasteiger partial charge in [-0.15, -0.1) is 10.2 Å². The standard InChI is InChI=1S/C11H12N4O2/c16-11(17)8-2-1-3-9-13-14-10(15(8)9)6-12-7-4-5-7/h1-3,7,12H,4-6H2,(H,16,17). The normalized spacial score (nSPS) is 15.3. The molecule has 0 saturated heterocycles. The van der Waals surface area contributed by atoms with E-state index in [-0.39, 0.29) is 5.69 Å². The molecule has 2 aromatic heterocycles. The second-order valence-corrected chi connectivity index (χ2v) is 4.18. The highest BCUT2D eigenvalue weighted by molar-refractivity contribution is 5.86. The molecule has 0 atom stereocenters. The van der Waals surface area contributed by atoms with Crippen LogP contribution in [0.4, 0.5) is 0 Å². The number of hydrogen-bond acceptors (Lipinski definition) is 4. The van der Waals surface area contributed by atoms with E-state index in [2.05, 4.69) is 15.5 Å². The zero-order chi connectivity index (χ0) is 11.8. The summed E-state index contributed by atoms with van der Waals surface area (Å²) in [5.41, 5.74) is 0.762. The van der Waals surface area contributed by atoms with Crippen molar-refractivity contribution < 1.29 is 9.90 Å². The maximum atomic E-state index is 11.1. The van der Waals surface area contributed by atoms with Crippen LogP contribution in [0.3, 0.4) is 0 Å². The van der Waals surface area contributed by atoms with E-state index in [1.54, 1.807) is 22.6 Å². The van der Waals surface area contributed by atoms with Gasteiger partial charge in [-0.05, 0) is 25.0 Å². The second kappa shape index (κ2) is 3.81. The predicted molar refractivity (Wildman–Crippen MR) is 59.8 cm³/mol. The lowest BCUT2D eigenvalue weighted by Gasteiger charge is -2.04. The van der Waals surface area contributed by atoms with Crippen LogP contribution in [0, 0.1) is 0 Å². The van der Waals surface area contributed by atoms with E-state index in [0.29, 0.717) is 24.1 Å². The van der Waals surface area contributed by atoms with E-state index in [1.165, 1.54) is 12.8 Å². The van der Waals surface area contributed by atoms with E-state index in [4.69, 9.17) is 5.11 Å². The number of pyridine rings is 1. The highest BCUT2D eigenvalue weighted by Gasteiger charge is 2.21. The molecule has 0 unspecified atom stereocenters. The fraction of sp³-hybridized carbons (Fsp3) is 0.364. The number of aromatic carboxylic acids is 1. The van der Waals surface area contributed by atoms with Gasteiger partial charge >= 0.3 is 5.97 Å². The Morgan fingerprint density at radius 1 is 1.47 bits per heavy atom. The number of carbonyl (C=O) groups is 1. The van der Waals surface area contributed by atoms with Gasteiger partial charge in [-0.1, -0.05) is 6.07 Å². The summed E-state index contributed by atoms with van der Waals surface area (Å²) in [6.07, 6.45) is 2.37. The van der Waals surface area contributed by atoms with Crippen molar-refractivity contribution >= 4 is 11.6 Å². The van der Waals surface area contributed by atoms with Gasteiger partial charge in [0.15, 0.2) is 11.5 Å². The molecular formula is C11H12N4O2. The summed E-state index contributed by atoms with van der Waals surface area (Å²) in [6.45, 7) is 0.552. The Kier molecular flexibility index (Phi) is 2.29. The minimum Gasteiger partial charge on any atom is -0.477 e. The minimum atomic E-state index is -0.969. The Morgan fingerprint density at radius 3 is 3.00 bits per heavy atom. The molecule has 0 spiro atoms. The molecule has 2 aromatic rings. The summed E-state index contributed by atoms with van der Waals surface area (Å²) in [5.74, 6) is -0.326. The van der Waals surface area contributed by atoms with Gasteiger partial charge in [-0.3, -0.25) is 4.40 Å². The van der Waals surface area contributed by atoms with Crippen LogP contribution in [0.25, 0.3) is 5.65 Å². The summed E-state index contributed by atoms with van der Waals surface area (Å²) in [5, 5.41) is 20.4. The summed E-state index contributed by atoms with van der Waals surface area (Å²) in [6, 6.07) is 5.53. The van der Waals surface area contributed by atoms with Crippen molar-refractivity contribution in [3.63, 3.8) is 0 Å². The molecule has 1 fully saturated rings. The highest BCUT2D eigenvalue weighted by atomic mass is 16.4. The molecule has 2 N–H and O–H groups in total. The molecular weight excluding hydrogens is 220 g/mol. The summed E-state index contributed by atoms with van der Waals surface area (Å²) < 4.78 is 1.58. The van der Waals surface area contributed by atoms with Gasteiger partial charge in [-0.2, -0.15) is 0 Å². The summed E-state index contributed by atoms with van der Waals surface area (Å²) in [7, 11) is 0. The van der Waals surface area contributed by atoms with E-state index in [0.717, 1.165) is 0 Å². The van der Waals surface area contributed by atoms with Gasteiger partial charge in [0.1, 0.15) is 5.69 Å². The van der Waals surface area contributed by atoms with Crippen molar-refractivity contribution in [3.05, 3.63) is 29.7 Å². The Labute approximate surface area is 97.3 Å². The molecule has 0 radical (unpaired) electrons. The fourth-order valence-electron chi connectivity index (χ4n) is 1.81. The predicted octanol–water partition coefficient (Wildman–Crippen LogP) is 0.679. The first kappa shape index (κ1) is 10.2. The molecule has 1 aliphatic carbocycles. The van der Waals surface area contributed by atoms with E-state index in [1.807, 2.05) is 0 Å². The van der Waals surface area contributed by atoms with Crippen LogP contribution in [-0.2, 0) is 6.54 Å². The average Bonchev–Trinajstić information content (AvgIpc) is 3.06. The topological polar surface area (TPSA) is 79.5 Å². The molecule has 2 heterocycles. The van der Waals surface area contributed by atoms with Crippen molar-refractivity contribution in [3.8, 4) is 0 Å². The number of carboxylic acid groups (broad SMARTS) is 1. The molecule has 6 nitrogen and oxygen atoms in total. The SMILES string of the molecule is O=C(O)c1cccc2nnc(CNC3CC3)n12. The molecule has 17 heavy (non-hydrogen) atoms. The van der Waals surface area contributed by atoms with Crippen LogP contribution < -0.4 is 5.32 Å². The van der Waals surface area contributed by atoms with Crippen molar-refractivity contribution in [1.82, 2.24) is 19.9 Å². The first-order valence-electron chi connectivity index (χ1n) is 5.55. The zero-order valence-electron chi connectivity index (χ0n) is 9.13. The van der Waals surface area contributed by atoms with Gasteiger partial charge in [-0.25, -0.2) is 4.79 Å². The number of rotatable bonds is 4. The summed E-state index contributed by atoms with van der Waals surface area (Å²) in [4.78, 5) is 11.1. The molecule has 88 valence electrons. The van der Waals surface area contributed by atoms with Gasteiger partial charge in [0.2, 0.25) is 0 Å². The lowest BCUT2D eigenvalue weighted by molar-refractivity contribution is 0.0688. The average molecular weight is 232 g/mol. The van der Waals surface area contributed by atoms with Crippen LogP contribution >= 0.6 is 0 Å². The monoisotopic (exact) mass is 232 g/mol. The Morgan fingerprint density at radius 2 is 2.29 bits per heavy atom. The van der Waals surface area contributed by atoms with Gasteiger partial charge in [0.05, 0.1) is 6.54 Å². The van der Waals surface area contributed by atoms with Crippen LogP contribution in [-0.4, -0.2) is 31.7 Å². The third-order valence-electron chi connectivity index (χ3n) is 2.84. The van der Waals surface area contributed by atoms with Crippen LogP contribution in [0.2, 0.25) is 0 Å². The van der Waals surface area contributed by atoms with Crippen molar-refractivity contribution in [2.75, 3.05) is 0 Å². The first-order chi connectivity index (χ1) is 8.25. The molecule has 1 aliphatic rings. The van der Waals surface area contributed by atoms with Crippen molar-refractivity contribution in [1.29, 1.82) is 0 Å². The number of nitrogens with zero attached hydrogens (tertiary/aromatic N) is 3. The van der Waals surface area contributed by atoms with E-state index >= 15 is 0 Å². The molecule has 6 heteroatoms. The molecule has 3 rings (SSSR count). The van der Waals surface area contributed by atoms with E-state index < -0.39 is 5.97 Å². The van der Waals surface area contributed by atoms with Crippen LogP contribution in [0.5, 0.6) is 0 Å². The van der Waals surface area contributed by atoms with Gasteiger partial charge in [0, 0.05) is 6.04 Å². The molecule has 1 saturated carbocycles. The first-order valence-corrected chi connectivity index (χ1v) is 5.55. The largest absolute Gasteiger partial charge is 0.477 e. The van der Waals surface area contributed by atoms with E-state index in [9.17, 15) is 4.79 Å². The zero-order valence-corrected chi connectivity index (χ0v) is 9.13. The second-order valence-electron chi connectivity index (χ2n) is 4.18. The number of hydrogen-bond donors (Lipinski definition) is 2. The third-order valence-corrected chi connectivity index (χ3v) is 2.84. The van der Waals surface area contributed by atoms with Gasteiger partial charge < -0.3 is 10.4 Å².